The van der Waals surface area contributed by atoms with Crippen LogP contribution in [-0.4, -0.2) is 27.8 Å². The van der Waals surface area contributed by atoms with Gasteiger partial charge in [-0.1, -0.05) is 75.4 Å². The van der Waals surface area contributed by atoms with Crippen molar-refractivity contribution in [3.05, 3.63) is 60.2 Å². The maximum Gasteiger partial charge on any atom is 0.283 e. The van der Waals surface area contributed by atoms with Crippen LogP contribution in [0.25, 0.3) is 0 Å². The quantitative estimate of drug-likeness (QED) is 0.461. The second kappa shape index (κ2) is 8.20. The predicted octanol–water partition coefficient (Wildman–Crippen LogP) is 2.83. The first kappa shape index (κ1) is 18.3. The number of nitrogens with zero attached hydrogens (tertiary/aromatic N) is 1. The van der Waals surface area contributed by atoms with Crippen LogP contribution in [0.4, 0.5) is 0 Å². The molecule has 0 bridgehead atoms. The van der Waals surface area contributed by atoms with Gasteiger partial charge in [0.2, 0.25) is 6.08 Å². The van der Waals surface area contributed by atoms with E-state index >= 15 is 0 Å². The lowest BCUT2D eigenvalue weighted by Gasteiger charge is -2.22. The average molecular weight is 339 g/mol. The molecule has 2 aromatic carbocycles. The average Bonchev–Trinajstić information content (AvgIpc) is 2.56. The minimum absolute atomic E-state index is 0.0920. The summed E-state index contributed by atoms with van der Waals surface area (Å²) in [5.41, 5.74) is 1.38. The van der Waals surface area contributed by atoms with Gasteiger partial charge in [-0.2, -0.15) is 0 Å². The molecule has 4 heteroatoms. The molecule has 125 valence electrons. The van der Waals surface area contributed by atoms with E-state index in [9.17, 15) is 4.79 Å². The lowest BCUT2D eigenvalue weighted by molar-refractivity contribution is 0.310. The van der Waals surface area contributed by atoms with Crippen molar-refractivity contribution in [3.8, 4) is 0 Å². The second-order valence-corrected chi connectivity index (χ2v) is 9.01. The first-order chi connectivity index (χ1) is 11.4. The Kier molecular flexibility index (Phi) is 6.27. The SMILES string of the molecule is CC(CO[Si](c1ccccc1)c1cccc(C(C)(C)C)c1)N=C=O. The Labute approximate surface area is 146 Å². The Hall–Kier alpha value is -2.00. The smallest absolute Gasteiger partial charge is 0.283 e. The highest BCUT2D eigenvalue weighted by Crippen LogP contribution is 2.20. The summed E-state index contributed by atoms with van der Waals surface area (Å²) in [6, 6.07) is 18.7. The molecular formula is C20H24NO2Si. The molecule has 0 heterocycles. The van der Waals surface area contributed by atoms with Crippen LogP contribution in [0.15, 0.2) is 59.6 Å². The van der Waals surface area contributed by atoms with Crippen LogP contribution in [0.3, 0.4) is 0 Å². The van der Waals surface area contributed by atoms with Crippen LogP contribution >= 0.6 is 0 Å². The fourth-order valence-electron chi connectivity index (χ4n) is 2.38. The molecule has 0 fully saturated rings. The van der Waals surface area contributed by atoms with E-state index < -0.39 is 9.04 Å². The van der Waals surface area contributed by atoms with Crippen molar-refractivity contribution in [1.82, 2.24) is 0 Å². The summed E-state index contributed by atoms with van der Waals surface area (Å²) >= 11 is 0. The first-order valence-corrected chi connectivity index (χ1v) is 9.55. The van der Waals surface area contributed by atoms with Crippen LogP contribution in [-0.2, 0) is 14.6 Å². The van der Waals surface area contributed by atoms with E-state index in [-0.39, 0.29) is 11.5 Å². The third-order valence-corrected chi connectivity index (χ3v) is 5.92. The number of rotatable bonds is 6. The molecule has 0 spiro atoms. The fraction of sp³-hybridized carbons (Fsp3) is 0.350. The monoisotopic (exact) mass is 338 g/mol. The molecule has 1 unspecified atom stereocenters. The van der Waals surface area contributed by atoms with Gasteiger partial charge in [0.05, 0.1) is 12.6 Å². The van der Waals surface area contributed by atoms with E-state index in [1.54, 1.807) is 6.08 Å². The highest BCUT2D eigenvalue weighted by atomic mass is 28.3. The Morgan fingerprint density at radius 2 is 1.75 bits per heavy atom. The third-order valence-electron chi connectivity index (χ3n) is 3.77. The predicted molar refractivity (Wildman–Crippen MR) is 100 cm³/mol. The molecule has 0 N–H and O–H groups in total. The summed E-state index contributed by atoms with van der Waals surface area (Å²) in [4.78, 5) is 14.1. The van der Waals surface area contributed by atoms with E-state index in [0.717, 1.165) is 0 Å². The molecule has 2 rings (SSSR count). The van der Waals surface area contributed by atoms with E-state index in [0.29, 0.717) is 6.61 Å². The molecule has 24 heavy (non-hydrogen) atoms. The second-order valence-electron chi connectivity index (χ2n) is 6.91. The summed E-state index contributed by atoms with van der Waals surface area (Å²) in [6.45, 7) is 8.91. The van der Waals surface area contributed by atoms with Crippen LogP contribution in [0.2, 0.25) is 0 Å². The van der Waals surface area contributed by atoms with Gasteiger partial charge in [0.1, 0.15) is 0 Å². The Bertz CT molecular complexity index is 703. The first-order valence-electron chi connectivity index (χ1n) is 8.15. The molecule has 2 aromatic rings. The molecule has 0 aliphatic rings. The maximum absolute atomic E-state index is 10.4. The number of carbonyl (C=O) groups excluding carboxylic acids is 1. The molecule has 1 atom stereocenters. The van der Waals surface area contributed by atoms with Crippen molar-refractivity contribution in [2.75, 3.05) is 6.61 Å². The van der Waals surface area contributed by atoms with Crippen LogP contribution in [0.5, 0.6) is 0 Å². The molecule has 0 saturated carbocycles. The van der Waals surface area contributed by atoms with Gasteiger partial charge in [0, 0.05) is 0 Å². The van der Waals surface area contributed by atoms with Gasteiger partial charge in [-0.25, -0.2) is 9.79 Å². The summed E-state index contributed by atoms with van der Waals surface area (Å²) in [5.74, 6) is 0. The van der Waals surface area contributed by atoms with Gasteiger partial charge < -0.3 is 4.43 Å². The lowest BCUT2D eigenvalue weighted by Crippen LogP contribution is -2.46. The van der Waals surface area contributed by atoms with E-state index in [1.807, 2.05) is 25.1 Å². The standard InChI is InChI=1S/C20H24NO2Si/c1-16(21-15-22)14-23-24(18-10-6-5-7-11-18)19-12-8-9-17(13-19)20(2,3)4/h5-13,16H,14H2,1-4H3. The molecule has 0 saturated heterocycles. The van der Waals surface area contributed by atoms with Crippen molar-refractivity contribution in [3.63, 3.8) is 0 Å². The molecule has 3 nitrogen and oxygen atoms in total. The molecule has 0 amide bonds. The Morgan fingerprint density at radius 1 is 1.08 bits per heavy atom. The number of hydrogen-bond donors (Lipinski definition) is 0. The van der Waals surface area contributed by atoms with Gasteiger partial charge in [0.15, 0.2) is 0 Å². The summed E-state index contributed by atoms with van der Waals surface area (Å²) in [7, 11) is -1.38. The van der Waals surface area contributed by atoms with Gasteiger partial charge in [-0.3, -0.25) is 0 Å². The van der Waals surface area contributed by atoms with E-state index in [2.05, 4.69) is 62.2 Å². The molecule has 0 aliphatic carbocycles. The minimum Gasteiger partial charge on any atom is -0.405 e. The highest BCUT2D eigenvalue weighted by molar-refractivity contribution is 6.80. The number of hydrogen-bond acceptors (Lipinski definition) is 3. The Morgan fingerprint density at radius 3 is 2.38 bits per heavy atom. The number of isocyanates is 1. The van der Waals surface area contributed by atoms with Crippen molar-refractivity contribution in [2.45, 2.75) is 39.2 Å². The van der Waals surface area contributed by atoms with Crippen molar-refractivity contribution < 1.29 is 9.22 Å². The Balaban J connectivity index is 2.34. The maximum atomic E-state index is 10.4. The summed E-state index contributed by atoms with van der Waals surface area (Å²) in [6.07, 6.45) is 1.61. The third kappa shape index (κ3) is 5.00. The molecule has 0 aliphatic heterocycles. The number of benzene rings is 2. The largest absolute Gasteiger partial charge is 0.405 e. The van der Waals surface area contributed by atoms with Crippen LogP contribution in [0, 0.1) is 0 Å². The van der Waals surface area contributed by atoms with Gasteiger partial charge in [0.25, 0.3) is 9.04 Å². The van der Waals surface area contributed by atoms with Crippen LogP contribution < -0.4 is 10.4 Å². The fourth-order valence-corrected chi connectivity index (χ4v) is 4.48. The minimum atomic E-state index is -1.38. The normalized spacial score (nSPS) is 12.7. The van der Waals surface area contributed by atoms with E-state index in [1.165, 1.54) is 15.9 Å². The molecule has 1 radical (unpaired) electrons. The molecule has 0 aromatic heterocycles. The number of aliphatic imine (C=N–C) groups is 1. The van der Waals surface area contributed by atoms with Gasteiger partial charge >= 0.3 is 0 Å². The van der Waals surface area contributed by atoms with Crippen molar-refractivity contribution in [1.29, 1.82) is 0 Å². The zero-order valence-electron chi connectivity index (χ0n) is 14.7. The van der Waals surface area contributed by atoms with Gasteiger partial charge in [-0.15, -0.1) is 0 Å². The lowest BCUT2D eigenvalue weighted by atomic mass is 9.87. The summed E-state index contributed by atoms with van der Waals surface area (Å²) in [5, 5.41) is 2.40. The zero-order chi connectivity index (χ0) is 17.6. The van der Waals surface area contributed by atoms with Crippen molar-refractivity contribution in [2.24, 2.45) is 4.99 Å². The van der Waals surface area contributed by atoms with E-state index in [4.69, 9.17) is 4.43 Å². The highest BCUT2D eigenvalue weighted by Gasteiger charge is 2.22. The topological polar surface area (TPSA) is 38.7 Å². The zero-order valence-corrected chi connectivity index (χ0v) is 15.7. The van der Waals surface area contributed by atoms with Gasteiger partial charge in [-0.05, 0) is 28.3 Å². The summed E-state index contributed by atoms with van der Waals surface area (Å²) < 4.78 is 6.23. The van der Waals surface area contributed by atoms with Crippen molar-refractivity contribution >= 4 is 25.5 Å². The molecular weight excluding hydrogens is 314 g/mol. The van der Waals surface area contributed by atoms with Crippen LogP contribution in [0.1, 0.15) is 33.3 Å².